The highest BCUT2D eigenvalue weighted by Crippen LogP contribution is 2.34. The molecule has 0 saturated carbocycles. The first-order chi connectivity index (χ1) is 11.1. The maximum atomic E-state index is 12.2. The van der Waals surface area contributed by atoms with Crippen molar-refractivity contribution in [3.05, 3.63) is 50.6 Å². The molecule has 1 saturated heterocycles. The van der Waals surface area contributed by atoms with Gasteiger partial charge in [-0.3, -0.25) is 9.69 Å². The summed E-state index contributed by atoms with van der Waals surface area (Å²) in [5.41, 5.74) is 0.570. The lowest BCUT2D eigenvalue weighted by atomic mass is 10.2. The number of nitrogens with zero attached hydrogens (tertiary/aromatic N) is 1. The van der Waals surface area contributed by atoms with Crippen LogP contribution in [0.25, 0.3) is 0 Å². The third-order valence-corrected chi connectivity index (χ3v) is 5.60. The predicted octanol–water partition coefficient (Wildman–Crippen LogP) is 5.22. The Hall–Kier alpha value is -1.07. The maximum Gasteiger partial charge on any atom is 0.225 e. The van der Waals surface area contributed by atoms with Crippen molar-refractivity contribution >= 4 is 46.1 Å². The summed E-state index contributed by atoms with van der Waals surface area (Å²) in [4.78, 5) is 16.0. The van der Waals surface area contributed by atoms with Crippen LogP contribution in [-0.4, -0.2) is 23.9 Å². The van der Waals surface area contributed by atoms with Gasteiger partial charge < -0.3 is 5.32 Å². The van der Waals surface area contributed by atoms with Crippen LogP contribution in [0.2, 0.25) is 10.0 Å². The molecule has 3 nitrogen and oxygen atoms in total. The molecule has 122 valence electrons. The first kappa shape index (κ1) is 16.8. The molecular weight excluding hydrogens is 351 g/mol. The number of halogens is 2. The van der Waals surface area contributed by atoms with Crippen LogP contribution in [0.3, 0.4) is 0 Å². The molecule has 1 aromatic carbocycles. The minimum atomic E-state index is -0.0361. The molecule has 1 aliphatic rings. The van der Waals surface area contributed by atoms with E-state index in [1.54, 1.807) is 29.5 Å². The summed E-state index contributed by atoms with van der Waals surface area (Å²) < 4.78 is 0. The molecule has 0 radical (unpaired) electrons. The van der Waals surface area contributed by atoms with Crippen molar-refractivity contribution in [1.29, 1.82) is 0 Å². The third-order valence-electron chi connectivity index (χ3n) is 4.06. The summed E-state index contributed by atoms with van der Waals surface area (Å²) in [5, 5.41) is 6.01. The third kappa shape index (κ3) is 4.27. The number of carbonyl (C=O) groups is 1. The highest BCUT2D eigenvalue weighted by Gasteiger charge is 2.26. The molecule has 3 rings (SSSR count). The second-order valence-electron chi connectivity index (χ2n) is 5.63. The number of carbonyl (C=O) groups excluding carboxylic acids is 1. The van der Waals surface area contributed by atoms with Gasteiger partial charge in [-0.1, -0.05) is 29.3 Å². The minimum absolute atomic E-state index is 0.0361. The predicted molar refractivity (Wildman–Crippen MR) is 97.6 cm³/mol. The molecule has 6 heteroatoms. The summed E-state index contributed by atoms with van der Waals surface area (Å²) in [6.07, 6.45) is 2.80. The van der Waals surface area contributed by atoms with Gasteiger partial charge in [-0.15, -0.1) is 11.3 Å². The van der Waals surface area contributed by atoms with E-state index in [1.165, 1.54) is 17.7 Å². The highest BCUT2D eigenvalue weighted by molar-refractivity contribution is 7.10. The van der Waals surface area contributed by atoms with Crippen LogP contribution < -0.4 is 5.32 Å². The van der Waals surface area contributed by atoms with E-state index in [9.17, 15) is 4.79 Å². The molecule has 23 heavy (non-hydrogen) atoms. The zero-order chi connectivity index (χ0) is 16.2. The Balaban J connectivity index is 1.55. The zero-order valence-electron chi connectivity index (χ0n) is 12.6. The largest absolute Gasteiger partial charge is 0.325 e. The van der Waals surface area contributed by atoms with Crippen molar-refractivity contribution in [1.82, 2.24) is 4.90 Å². The molecule has 0 spiro atoms. The molecule has 2 aromatic rings. The van der Waals surface area contributed by atoms with E-state index in [2.05, 4.69) is 27.7 Å². The Bertz CT molecular complexity index is 675. The summed E-state index contributed by atoms with van der Waals surface area (Å²) in [6.45, 7) is 1.81. The Labute approximate surface area is 150 Å². The number of anilines is 1. The Kier molecular flexibility index (Phi) is 5.59. The number of benzene rings is 1. The van der Waals surface area contributed by atoms with Crippen LogP contribution in [0.4, 0.5) is 5.69 Å². The van der Waals surface area contributed by atoms with Crippen molar-refractivity contribution in [3.63, 3.8) is 0 Å². The van der Waals surface area contributed by atoms with E-state index < -0.39 is 0 Å². The second-order valence-corrected chi connectivity index (χ2v) is 7.45. The Morgan fingerprint density at radius 2 is 2.22 bits per heavy atom. The van der Waals surface area contributed by atoms with Gasteiger partial charge in [-0.2, -0.15) is 0 Å². The smallest absolute Gasteiger partial charge is 0.225 e. The average Bonchev–Trinajstić information content (AvgIpc) is 3.19. The van der Waals surface area contributed by atoms with Gasteiger partial charge in [-0.05, 0) is 49.0 Å². The van der Waals surface area contributed by atoms with Crippen LogP contribution in [0.1, 0.15) is 30.2 Å². The first-order valence-corrected chi connectivity index (χ1v) is 9.29. The molecule has 1 unspecified atom stereocenters. The van der Waals surface area contributed by atoms with Gasteiger partial charge in [0.05, 0.1) is 10.7 Å². The van der Waals surface area contributed by atoms with Crippen LogP contribution in [0.15, 0.2) is 35.7 Å². The summed E-state index contributed by atoms with van der Waals surface area (Å²) in [7, 11) is 0. The first-order valence-electron chi connectivity index (χ1n) is 7.66. The normalized spacial score (nSPS) is 18.3. The molecule has 1 atom stereocenters. The van der Waals surface area contributed by atoms with Gasteiger partial charge in [0, 0.05) is 28.9 Å². The fraction of sp³-hybridized carbons (Fsp3) is 0.353. The lowest BCUT2D eigenvalue weighted by Crippen LogP contribution is -2.27. The van der Waals surface area contributed by atoms with Gasteiger partial charge >= 0.3 is 0 Å². The number of rotatable bonds is 5. The molecule has 1 N–H and O–H groups in total. The number of amides is 1. The van der Waals surface area contributed by atoms with Crippen LogP contribution in [0.5, 0.6) is 0 Å². The van der Waals surface area contributed by atoms with Crippen molar-refractivity contribution < 1.29 is 4.79 Å². The molecule has 1 aromatic heterocycles. The topological polar surface area (TPSA) is 32.3 Å². The maximum absolute atomic E-state index is 12.2. The number of hydrogen-bond acceptors (Lipinski definition) is 3. The van der Waals surface area contributed by atoms with E-state index in [4.69, 9.17) is 23.2 Å². The van der Waals surface area contributed by atoms with Gasteiger partial charge in [-0.25, -0.2) is 0 Å². The summed E-state index contributed by atoms with van der Waals surface area (Å²) in [6, 6.07) is 9.79. The van der Waals surface area contributed by atoms with E-state index >= 15 is 0 Å². The van der Waals surface area contributed by atoms with Gasteiger partial charge in [0.25, 0.3) is 0 Å². The lowest BCUT2D eigenvalue weighted by Gasteiger charge is -2.23. The highest BCUT2D eigenvalue weighted by atomic mass is 35.5. The monoisotopic (exact) mass is 368 g/mol. The number of hydrogen-bond donors (Lipinski definition) is 1. The van der Waals surface area contributed by atoms with Crippen molar-refractivity contribution in [3.8, 4) is 0 Å². The van der Waals surface area contributed by atoms with E-state index in [0.29, 0.717) is 28.2 Å². The van der Waals surface area contributed by atoms with Crippen molar-refractivity contribution in [2.24, 2.45) is 0 Å². The molecule has 1 aliphatic heterocycles. The fourth-order valence-corrected chi connectivity index (χ4v) is 4.18. The standard InChI is InChI=1S/C17H18Cl2N2OS/c18-12-5-6-13(19)14(11-12)20-17(22)7-9-21-8-1-3-15(21)16-4-2-10-23-16/h2,4-6,10-11,15H,1,3,7-9H2,(H,20,22). The van der Waals surface area contributed by atoms with Crippen molar-refractivity contribution in [2.75, 3.05) is 18.4 Å². The molecule has 1 amide bonds. The Morgan fingerprint density at radius 3 is 3.00 bits per heavy atom. The zero-order valence-corrected chi connectivity index (χ0v) is 14.9. The molecular formula is C17H18Cl2N2OS. The molecule has 2 heterocycles. The second kappa shape index (κ2) is 7.67. The van der Waals surface area contributed by atoms with Gasteiger partial charge in [0.1, 0.15) is 0 Å². The van der Waals surface area contributed by atoms with Crippen LogP contribution in [-0.2, 0) is 4.79 Å². The SMILES string of the molecule is O=C(CCN1CCCC1c1cccs1)Nc1cc(Cl)ccc1Cl. The molecule has 0 bridgehead atoms. The average molecular weight is 369 g/mol. The number of thiophene rings is 1. The number of likely N-dealkylation sites (tertiary alicyclic amines) is 1. The van der Waals surface area contributed by atoms with Gasteiger partial charge in [0.15, 0.2) is 0 Å². The van der Waals surface area contributed by atoms with Gasteiger partial charge in [0.2, 0.25) is 5.91 Å². The van der Waals surface area contributed by atoms with E-state index in [0.717, 1.165) is 13.1 Å². The van der Waals surface area contributed by atoms with E-state index in [1.807, 2.05) is 0 Å². The van der Waals surface area contributed by atoms with Crippen molar-refractivity contribution in [2.45, 2.75) is 25.3 Å². The minimum Gasteiger partial charge on any atom is -0.325 e. The number of nitrogens with one attached hydrogen (secondary N) is 1. The van der Waals surface area contributed by atoms with Crippen LogP contribution in [0, 0.1) is 0 Å². The fourth-order valence-electron chi connectivity index (χ4n) is 2.95. The lowest BCUT2D eigenvalue weighted by molar-refractivity contribution is -0.116. The summed E-state index contributed by atoms with van der Waals surface area (Å²) in [5.74, 6) is -0.0361. The molecule has 0 aliphatic carbocycles. The quantitative estimate of drug-likeness (QED) is 0.784. The summed E-state index contributed by atoms with van der Waals surface area (Å²) >= 11 is 13.8. The van der Waals surface area contributed by atoms with Crippen LogP contribution >= 0.6 is 34.5 Å². The van der Waals surface area contributed by atoms with E-state index in [-0.39, 0.29) is 5.91 Å². The Morgan fingerprint density at radius 1 is 1.35 bits per heavy atom. The molecule has 1 fully saturated rings.